The molecule has 0 radical (unpaired) electrons. The molecule has 0 amide bonds. The third-order valence-electron chi connectivity index (χ3n) is 6.30. The quantitative estimate of drug-likeness (QED) is 0.118. The van der Waals surface area contributed by atoms with Crippen molar-refractivity contribution >= 4 is 17.3 Å². The Hall–Kier alpha value is -4.97. The topological polar surface area (TPSA) is 80.7 Å². The lowest BCUT2D eigenvalue weighted by molar-refractivity contribution is 0.0747. The van der Waals surface area contributed by atoms with Gasteiger partial charge in [-0.1, -0.05) is 121 Å². The van der Waals surface area contributed by atoms with Crippen LogP contribution in [0.15, 0.2) is 141 Å². The number of hydrogen-bond acceptors (Lipinski definition) is 5. The summed E-state index contributed by atoms with van der Waals surface area (Å²) in [5.41, 5.74) is 4.04. The van der Waals surface area contributed by atoms with Crippen molar-refractivity contribution in [3.05, 3.63) is 180 Å². The molecule has 1 atom stereocenters. The lowest BCUT2D eigenvalue weighted by Crippen LogP contribution is -2.22. The van der Waals surface area contributed by atoms with Crippen molar-refractivity contribution in [2.24, 2.45) is 0 Å². The number of carbonyl (C=O) groups excluding carboxylic acids is 3. The highest BCUT2D eigenvalue weighted by Gasteiger charge is 2.30. The van der Waals surface area contributed by atoms with E-state index in [0.29, 0.717) is 53.0 Å². The zero-order valence-electron chi connectivity index (χ0n) is 23.4. The molecule has 1 aliphatic carbocycles. The minimum absolute atomic E-state index is 0.0670. The fourth-order valence-electron chi connectivity index (χ4n) is 4.32. The second-order valence-corrected chi connectivity index (χ2v) is 9.19. The molecular formula is C37H34O5. The Morgan fingerprint density at radius 3 is 1.76 bits per heavy atom. The van der Waals surface area contributed by atoms with Crippen molar-refractivity contribution in [2.75, 3.05) is 13.2 Å². The maximum Gasteiger partial charge on any atom is 0.195 e. The fraction of sp³-hybridized carbons (Fsp3) is 0.108. The summed E-state index contributed by atoms with van der Waals surface area (Å²) >= 11 is 0. The molecule has 5 rings (SSSR count). The van der Waals surface area contributed by atoms with Crippen molar-refractivity contribution in [1.29, 1.82) is 0 Å². The van der Waals surface area contributed by atoms with Crippen LogP contribution >= 0.6 is 0 Å². The molecule has 0 aromatic heterocycles. The van der Waals surface area contributed by atoms with Crippen LogP contribution in [0, 0.1) is 0 Å². The standard InChI is InChI=1S/C17H12O2.C14H12O2.C6H10O/c1-2-6-11-7-5-10-14-15(11)17(19)13-9-4-3-8-12(13)16(14)18;15-13(11-7-3-1-4-8-11)14(16)12-9-5-2-6-10-12;1-3-5-7-6-4-2/h2-5,7-10H,1,6H2;1-10,13,15H;3-4H,1-2,5-6H2. The van der Waals surface area contributed by atoms with Gasteiger partial charge in [-0.2, -0.15) is 0 Å². The Bertz CT molecular complexity index is 1530. The van der Waals surface area contributed by atoms with Gasteiger partial charge in [-0.05, 0) is 17.5 Å². The highest BCUT2D eigenvalue weighted by molar-refractivity contribution is 6.28. The van der Waals surface area contributed by atoms with E-state index in [1.165, 1.54) is 0 Å². The van der Waals surface area contributed by atoms with Gasteiger partial charge >= 0.3 is 0 Å². The number of ketones is 3. The lowest BCUT2D eigenvalue weighted by atomic mass is 9.81. The van der Waals surface area contributed by atoms with Gasteiger partial charge in [0, 0.05) is 27.8 Å². The summed E-state index contributed by atoms with van der Waals surface area (Å²) in [5, 5.41) is 9.89. The highest BCUT2D eigenvalue weighted by atomic mass is 16.5. The second kappa shape index (κ2) is 16.3. The predicted molar refractivity (Wildman–Crippen MR) is 167 cm³/mol. The first-order valence-electron chi connectivity index (χ1n) is 13.5. The number of ether oxygens (including phenoxy) is 1. The van der Waals surface area contributed by atoms with Crippen LogP contribution in [0.25, 0.3) is 0 Å². The van der Waals surface area contributed by atoms with Crippen LogP contribution in [0.3, 0.4) is 0 Å². The van der Waals surface area contributed by atoms with Gasteiger partial charge in [0.2, 0.25) is 0 Å². The number of aliphatic hydroxyl groups is 1. The molecule has 0 saturated heterocycles. The summed E-state index contributed by atoms with van der Waals surface area (Å²) in [4.78, 5) is 36.9. The van der Waals surface area contributed by atoms with Gasteiger partial charge in [-0.3, -0.25) is 14.4 Å². The van der Waals surface area contributed by atoms with Crippen molar-refractivity contribution in [2.45, 2.75) is 12.5 Å². The van der Waals surface area contributed by atoms with Gasteiger partial charge in [0.1, 0.15) is 6.10 Å². The predicted octanol–water partition coefficient (Wildman–Crippen LogP) is 7.17. The first-order valence-corrected chi connectivity index (χ1v) is 13.5. The summed E-state index contributed by atoms with van der Waals surface area (Å²) in [5.74, 6) is -0.412. The maximum absolute atomic E-state index is 12.6. The molecule has 0 saturated carbocycles. The SMILES string of the molecule is C=CCOCC=C.C=CCc1cccc2c1C(=O)c1ccccc1C2=O.O=C(c1ccccc1)C(O)c1ccccc1. The van der Waals surface area contributed by atoms with Crippen molar-refractivity contribution in [1.82, 2.24) is 0 Å². The van der Waals surface area contributed by atoms with Crippen LogP contribution in [0.5, 0.6) is 0 Å². The zero-order valence-corrected chi connectivity index (χ0v) is 23.4. The summed E-state index contributed by atoms with van der Waals surface area (Å²) in [6.07, 6.45) is 4.68. The van der Waals surface area contributed by atoms with E-state index in [0.717, 1.165) is 5.56 Å². The number of allylic oxidation sites excluding steroid dienone is 1. The monoisotopic (exact) mass is 558 g/mol. The zero-order chi connectivity index (χ0) is 30.3. The molecule has 42 heavy (non-hydrogen) atoms. The van der Waals surface area contributed by atoms with E-state index in [-0.39, 0.29) is 17.3 Å². The van der Waals surface area contributed by atoms with Crippen molar-refractivity contribution in [3.63, 3.8) is 0 Å². The fourth-order valence-corrected chi connectivity index (χ4v) is 4.32. The Balaban J connectivity index is 0.000000191. The van der Waals surface area contributed by atoms with Gasteiger partial charge in [0.25, 0.3) is 0 Å². The first kappa shape index (κ1) is 31.6. The highest BCUT2D eigenvalue weighted by Crippen LogP contribution is 2.29. The minimum atomic E-state index is -1.08. The number of rotatable bonds is 9. The molecule has 1 aliphatic rings. The number of Topliss-reactive ketones (excluding diaryl/α,β-unsaturated/α-hetero) is 1. The van der Waals surface area contributed by atoms with Gasteiger partial charge < -0.3 is 9.84 Å². The van der Waals surface area contributed by atoms with Gasteiger partial charge in [0.05, 0.1) is 13.2 Å². The number of hydrogen-bond donors (Lipinski definition) is 1. The van der Waals surface area contributed by atoms with E-state index < -0.39 is 6.10 Å². The Morgan fingerprint density at radius 2 is 1.19 bits per heavy atom. The first-order chi connectivity index (χ1) is 20.4. The Kier molecular flexibility index (Phi) is 12.3. The number of benzene rings is 4. The van der Waals surface area contributed by atoms with Crippen molar-refractivity contribution in [3.8, 4) is 0 Å². The molecule has 0 aliphatic heterocycles. The van der Waals surface area contributed by atoms with Crippen LogP contribution in [0.2, 0.25) is 0 Å². The number of fused-ring (bicyclic) bond motifs is 2. The van der Waals surface area contributed by atoms with Crippen LogP contribution in [0.1, 0.15) is 59.4 Å². The average Bonchev–Trinajstić information content (AvgIpc) is 3.05. The third-order valence-corrected chi connectivity index (χ3v) is 6.30. The average molecular weight is 559 g/mol. The molecule has 212 valence electrons. The van der Waals surface area contributed by atoms with E-state index in [9.17, 15) is 19.5 Å². The number of aliphatic hydroxyl groups excluding tert-OH is 1. The molecule has 1 N–H and O–H groups in total. The van der Waals surface area contributed by atoms with E-state index in [1.807, 2.05) is 24.3 Å². The van der Waals surface area contributed by atoms with Crippen molar-refractivity contribution < 1.29 is 24.2 Å². The lowest BCUT2D eigenvalue weighted by Gasteiger charge is -2.19. The Morgan fingerprint density at radius 1 is 0.667 bits per heavy atom. The van der Waals surface area contributed by atoms with E-state index in [1.54, 1.807) is 97.1 Å². The molecule has 4 aromatic carbocycles. The third kappa shape index (κ3) is 8.04. The maximum atomic E-state index is 12.6. The van der Waals surface area contributed by atoms with Crippen LogP contribution in [-0.2, 0) is 11.2 Å². The second-order valence-electron chi connectivity index (χ2n) is 9.19. The van der Waals surface area contributed by atoms with Gasteiger partial charge in [0.15, 0.2) is 17.3 Å². The molecule has 1 unspecified atom stereocenters. The van der Waals surface area contributed by atoms with E-state index in [2.05, 4.69) is 19.7 Å². The van der Waals surface area contributed by atoms with Gasteiger partial charge in [-0.15, -0.1) is 19.7 Å². The largest absolute Gasteiger partial charge is 0.380 e. The summed E-state index contributed by atoms with van der Waals surface area (Å²) in [6, 6.07) is 30.1. The molecule has 4 aromatic rings. The summed E-state index contributed by atoms with van der Waals surface area (Å²) in [6.45, 7) is 11.9. The molecular weight excluding hydrogens is 524 g/mol. The molecule has 5 heteroatoms. The Labute approximate surface area is 247 Å². The van der Waals surface area contributed by atoms with Gasteiger partial charge in [-0.25, -0.2) is 0 Å². The van der Waals surface area contributed by atoms with E-state index in [4.69, 9.17) is 4.74 Å². The summed E-state index contributed by atoms with van der Waals surface area (Å²) < 4.78 is 4.90. The van der Waals surface area contributed by atoms with Crippen LogP contribution in [-0.4, -0.2) is 35.7 Å². The molecule has 0 heterocycles. The van der Waals surface area contributed by atoms with Crippen LogP contribution < -0.4 is 0 Å². The molecule has 5 nitrogen and oxygen atoms in total. The number of carbonyl (C=O) groups is 3. The normalized spacial score (nSPS) is 11.7. The van der Waals surface area contributed by atoms with Crippen LogP contribution in [0.4, 0.5) is 0 Å². The molecule has 0 fully saturated rings. The molecule has 0 spiro atoms. The molecule has 0 bridgehead atoms. The summed E-state index contributed by atoms with van der Waals surface area (Å²) in [7, 11) is 0. The smallest absolute Gasteiger partial charge is 0.195 e. The minimum Gasteiger partial charge on any atom is -0.380 e. The van der Waals surface area contributed by atoms with E-state index >= 15 is 0 Å².